The highest BCUT2D eigenvalue weighted by Crippen LogP contribution is 2.23. The second kappa shape index (κ2) is 6.84. The number of carbonyl (C=O) groups excluding carboxylic acids is 2. The van der Waals surface area contributed by atoms with Crippen molar-refractivity contribution in [3.63, 3.8) is 0 Å². The normalized spacial score (nSPS) is 21.0. The van der Waals surface area contributed by atoms with E-state index in [1.807, 2.05) is 19.1 Å². The molecule has 0 aliphatic carbocycles. The molecule has 0 unspecified atom stereocenters. The van der Waals surface area contributed by atoms with Gasteiger partial charge in [0.2, 0.25) is 5.91 Å². The summed E-state index contributed by atoms with van der Waals surface area (Å²) in [5.74, 6) is 1.20. The molecule has 0 radical (unpaired) electrons. The highest BCUT2D eigenvalue weighted by molar-refractivity contribution is 5.86. The lowest BCUT2D eigenvalue weighted by molar-refractivity contribution is -0.135. The van der Waals surface area contributed by atoms with Gasteiger partial charge < -0.3 is 19.2 Å². The molecule has 0 aromatic carbocycles. The summed E-state index contributed by atoms with van der Waals surface area (Å²) >= 11 is 0. The van der Waals surface area contributed by atoms with Gasteiger partial charge in [-0.25, -0.2) is 4.79 Å². The standard InChI is InChI=1S/C17H26N2O5/c1-11-6-7-13(23-11)10-18(5)15(21)14-8-12(20)9-19(14)16(22)24-17(2,3)4/h6-7,12,14,20H,8-10H2,1-5H3/t12-,14-/m0/s1. The predicted molar refractivity (Wildman–Crippen MR) is 87.3 cm³/mol. The van der Waals surface area contributed by atoms with Crippen LogP contribution in [0, 0.1) is 6.92 Å². The number of aliphatic hydroxyl groups excluding tert-OH is 1. The summed E-state index contributed by atoms with van der Waals surface area (Å²) in [6, 6.07) is 2.92. The van der Waals surface area contributed by atoms with Gasteiger partial charge in [0, 0.05) is 13.5 Å². The van der Waals surface area contributed by atoms with Crippen molar-refractivity contribution < 1.29 is 23.8 Å². The van der Waals surface area contributed by atoms with Gasteiger partial charge in [-0.05, 0) is 39.8 Å². The maximum absolute atomic E-state index is 12.7. The number of ether oxygens (including phenoxy) is 1. The van der Waals surface area contributed by atoms with Crippen molar-refractivity contribution >= 4 is 12.0 Å². The molecule has 0 bridgehead atoms. The number of aryl methyl sites for hydroxylation is 1. The van der Waals surface area contributed by atoms with Crippen LogP contribution in [-0.4, -0.2) is 58.2 Å². The SMILES string of the molecule is Cc1ccc(CN(C)C(=O)[C@@H]2C[C@H](O)CN2C(=O)OC(C)(C)C)o1. The van der Waals surface area contributed by atoms with Gasteiger partial charge in [-0.3, -0.25) is 9.69 Å². The van der Waals surface area contributed by atoms with Crippen LogP contribution in [0.2, 0.25) is 0 Å². The second-order valence-corrected chi connectivity index (χ2v) is 7.24. The Kier molecular flexibility index (Phi) is 5.22. The van der Waals surface area contributed by atoms with Crippen LogP contribution >= 0.6 is 0 Å². The first kappa shape index (κ1) is 18.3. The van der Waals surface area contributed by atoms with Crippen molar-refractivity contribution in [2.75, 3.05) is 13.6 Å². The van der Waals surface area contributed by atoms with E-state index in [0.29, 0.717) is 12.3 Å². The molecule has 1 aliphatic heterocycles. The second-order valence-electron chi connectivity index (χ2n) is 7.24. The molecule has 1 fully saturated rings. The van der Waals surface area contributed by atoms with Crippen LogP contribution < -0.4 is 0 Å². The smallest absolute Gasteiger partial charge is 0.411 e. The van der Waals surface area contributed by atoms with Gasteiger partial charge >= 0.3 is 6.09 Å². The number of furan rings is 1. The Morgan fingerprint density at radius 3 is 2.62 bits per heavy atom. The van der Waals surface area contributed by atoms with E-state index >= 15 is 0 Å². The lowest BCUT2D eigenvalue weighted by atomic mass is 10.1. The van der Waals surface area contributed by atoms with E-state index in [-0.39, 0.29) is 18.9 Å². The van der Waals surface area contributed by atoms with E-state index < -0.39 is 23.8 Å². The zero-order valence-electron chi connectivity index (χ0n) is 14.9. The molecular weight excluding hydrogens is 312 g/mol. The molecule has 1 aromatic rings. The molecule has 2 atom stereocenters. The molecule has 7 heteroatoms. The topological polar surface area (TPSA) is 83.2 Å². The molecule has 2 amide bonds. The summed E-state index contributed by atoms with van der Waals surface area (Å²) < 4.78 is 10.8. The van der Waals surface area contributed by atoms with Gasteiger partial charge in [-0.2, -0.15) is 0 Å². The fraction of sp³-hybridized carbons (Fsp3) is 0.647. The lowest BCUT2D eigenvalue weighted by Gasteiger charge is -2.29. The van der Waals surface area contributed by atoms with Crippen molar-refractivity contribution in [1.82, 2.24) is 9.80 Å². The predicted octanol–water partition coefficient (Wildman–Crippen LogP) is 1.92. The monoisotopic (exact) mass is 338 g/mol. The first-order chi connectivity index (χ1) is 11.1. The molecule has 1 aliphatic rings. The molecule has 2 heterocycles. The Morgan fingerprint density at radius 1 is 1.42 bits per heavy atom. The fourth-order valence-corrected chi connectivity index (χ4v) is 2.71. The molecule has 7 nitrogen and oxygen atoms in total. The summed E-state index contributed by atoms with van der Waals surface area (Å²) in [5.41, 5.74) is -0.657. The number of hydrogen-bond acceptors (Lipinski definition) is 5. The molecule has 134 valence electrons. The third-order valence-corrected chi connectivity index (χ3v) is 3.76. The van der Waals surface area contributed by atoms with Crippen LogP contribution in [0.15, 0.2) is 16.5 Å². The molecule has 1 N–H and O–H groups in total. The number of nitrogens with zero attached hydrogens (tertiary/aromatic N) is 2. The fourth-order valence-electron chi connectivity index (χ4n) is 2.71. The Labute approximate surface area is 142 Å². The number of rotatable bonds is 3. The maximum Gasteiger partial charge on any atom is 0.411 e. The van der Waals surface area contributed by atoms with E-state index in [1.165, 1.54) is 9.80 Å². The highest BCUT2D eigenvalue weighted by Gasteiger charge is 2.42. The van der Waals surface area contributed by atoms with Gasteiger partial charge in [0.15, 0.2) is 0 Å². The Hall–Kier alpha value is -2.02. The average Bonchev–Trinajstić information content (AvgIpc) is 3.02. The zero-order chi connectivity index (χ0) is 18.1. The largest absolute Gasteiger partial charge is 0.464 e. The summed E-state index contributed by atoms with van der Waals surface area (Å²) in [4.78, 5) is 27.8. The molecule has 0 spiro atoms. The minimum Gasteiger partial charge on any atom is -0.464 e. The number of β-amino-alcohol motifs (C(OH)–C–C–N with tert-alkyl or cyclic N) is 1. The van der Waals surface area contributed by atoms with Gasteiger partial charge in [-0.1, -0.05) is 0 Å². The van der Waals surface area contributed by atoms with Crippen LogP contribution in [-0.2, 0) is 16.1 Å². The summed E-state index contributed by atoms with van der Waals surface area (Å²) in [6.07, 6.45) is -1.11. The van der Waals surface area contributed by atoms with Gasteiger partial charge in [0.1, 0.15) is 23.2 Å². The van der Waals surface area contributed by atoms with Crippen LogP contribution in [0.3, 0.4) is 0 Å². The molecule has 24 heavy (non-hydrogen) atoms. The Morgan fingerprint density at radius 2 is 2.08 bits per heavy atom. The average molecular weight is 338 g/mol. The number of likely N-dealkylation sites (N-methyl/N-ethyl adjacent to an activating group) is 1. The van der Waals surface area contributed by atoms with Gasteiger partial charge in [0.05, 0.1) is 19.2 Å². The molecule has 0 saturated carbocycles. The Balaban J connectivity index is 2.06. The third-order valence-electron chi connectivity index (χ3n) is 3.76. The molecule has 2 rings (SSSR count). The number of carbonyl (C=O) groups is 2. The van der Waals surface area contributed by atoms with E-state index in [1.54, 1.807) is 27.8 Å². The summed E-state index contributed by atoms with van der Waals surface area (Å²) in [6.45, 7) is 7.53. The van der Waals surface area contributed by atoms with E-state index in [9.17, 15) is 14.7 Å². The van der Waals surface area contributed by atoms with Crippen LogP contribution in [0.4, 0.5) is 4.79 Å². The third kappa shape index (κ3) is 4.50. The summed E-state index contributed by atoms with van der Waals surface area (Å²) in [7, 11) is 1.65. The van der Waals surface area contributed by atoms with E-state index in [0.717, 1.165) is 5.76 Å². The number of likely N-dealkylation sites (tertiary alicyclic amines) is 1. The van der Waals surface area contributed by atoms with Crippen molar-refractivity contribution in [3.8, 4) is 0 Å². The van der Waals surface area contributed by atoms with E-state index in [2.05, 4.69) is 0 Å². The summed E-state index contributed by atoms with van der Waals surface area (Å²) in [5, 5.41) is 9.90. The van der Waals surface area contributed by atoms with Crippen molar-refractivity contribution in [2.45, 2.75) is 58.4 Å². The number of hydrogen-bond donors (Lipinski definition) is 1. The quantitative estimate of drug-likeness (QED) is 0.910. The molecule has 1 aromatic heterocycles. The van der Waals surface area contributed by atoms with Crippen LogP contribution in [0.5, 0.6) is 0 Å². The van der Waals surface area contributed by atoms with E-state index in [4.69, 9.17) is 9.15 Å². The van der Waals surface area contributed by atoms with Crippen molar-refractivity contribution in [1.29, 1.82) is 0 Å². The zero-order valence-corrected chi connectivity index (χ0v) is 14.9. The van der Waals surface area contributed by atoms with Crippen LogP contribution in [0.1, 0.15) is 38.7 Å². The highest BCUT2D eigenvalue weighted by atomic mass is 16.6. The van der Waals surface area contributed by atoms with Crippen LogP contribution in [0.25, 0.3) is 0 Å². The minimum absolute atomic E-state index is 0.0963. The van der Waals surface area contributed by atoms with Crippen molar-refractivity contribution in [2.24, 2.45) is 0 Å². The Bertz CT molecular complexity index is 604. The molecular formula is C17H26N2O5. The maximum atomic E-state index is 12.7. The number of aliphatic hydroxyl groups is 1. The van der Waals surface area contributed by atoms with Crippen molar-refractivity contribution in [3.05, 3.63) is 23.7 Å². The first-order valence-electron chi connectivity index (χ1n) is 8.05. The first-order valence-corrected chi connectivity index (χ1v) is 8.05. The van der Waals surface area contributed by atoms with Gasteiger partial charge in [-0.15, -0.1) is 0 Å². The lowest BCUT2D eigenvalue weighted by Crippen LogP contribution is -2.47. The van der Waals surface area contributed by atoms with Gasteiger partial charge in [0.25, 0.3) is 0 Å². The number of amides is 2. The minimum atomic E-state index is -0.731. The molecule has 1 saturated heterocycles.